The number of rotatable bonds is 4. The number of hydrogen-bond acceptors (Lipinski definition) is 5. The van der Waals surface area contributed by atoms with Gasteiger partial charge in [0, 0.05) is 18.8 Å². The highest BCUT2D eigenvalue weighted by molar-refractivity contribution is 7.91. The van der Waals surface area contributed by atoms with E-state index >= 15 is 0 Å². The number of hydrogen-bond donors (Lipinski definition) is 2. The number of aromatic carboxylic acids is 1. The Labute approximate surface area is 121 Å². The molecule has 0 aromatic carbocycles. The van der Waals surface area contributed by atoms with E-state index in [4.69, 9.17) is 9.84 Å². The highest BCUT2D eigenvalue weighted by Crippen LogP contribution is 2.29. The van der Waals surface area contributed by atoms with Gasteiger partial charge in [-0.2, -0.15) is 0 Å². The van der Waals surface area contributed by atoms with Crippen LogP contribution in [0.5, 0.6) is 0 Å². The zero-order chi connectivity index (χ0) is 15.0. The lowest BCUT2D eigenvalue weighted by molar-refractivity contribution is 0.0537. The van der Waals surface area contributed by atoms with Crippen molar-refractivity contribution in [3.63, 3.8) is 0 Å². The van der Waals surface area contributed by atoms with Crippen LogP contribution < -0.4 is 4.72 Å². The first-order chi connectivity index (χ1) is 9.23. The van der Waals surface area contributed by atoms with E-state index in [1.807, 2.05) is 6.92 Å². The molecule has 20 heavy (non-hydrogen) atoms. The van der Waals surface area contributed by atoms with E-state index in [0.29, 0.717) is 31.6 Å². The van der Waals surface area contributed by atoms with Crippen LogP contribution in [0.15, 0.2) is 10.3 Å². The molecule has 2 N–H and O–H groups in total. The van der Waals surface area contributed by atoms with Crippen molar-refractivity contribution in [2.45, 2.75) is 36.4 Å². The summed E-state index contributed by atoms with van der Waals surface area (Å²) in [5.74, 6) is -1.11. The number of carbonyl (C=O) groups is 1. The first-order valence-corrected chi connectivity index (χ1v) is 8.49. The molecule has 0 spiro atoms. The largest absolute Gasteiger partial charge is 0.477 e. The minimum atomic E-state index is -3.70. The molecule has 6 nitrogen and oxygen atoms in total. The lowest BCUT2D eigenvalue weighted by Crippen LogP contribution is -2.49. The van der Waals surface area contributed by atoms with Gasteiger partial charge in [0.25, 0.3) is 10.0 Å². The Morgan fingerprint density at radius 3 is 2.55 bits per heavy atom. The Morgan fingerprint density at radius 2 is 2.05 bits per heavy atom. The second-order valence-corrected chi connectivity index (χ2v) is 8.12. The summed E-state index contributed by atoms with van der Waals surface area (Å²) in [6, 6.07) is 1.40. The molecule has 8 heteroatoms. The summed E-state index contributed by atoms with van der Waals surface area (Å²) in [6.07, 6.45) is 1.20. The van der Waals surface area contributed by atoms with Gasteiger partial charge in [-0.25, -0.2) is 17.9 Å². The minimum Gasteiger partial charge on any atom is -0.477 e. The molecule has 0 saturated carbocycles. The number of carboxylic acids is 1. The Kier molecular flexibility index (Phi) is 4.19. The normalized spacial score (nSPS) is 18.9. The third-order valence-corrected chi connectivity index (χ3v) is 6.67. The molecule has 0 atom stereocenters. The summed E-state index contributed by atoms with van der Waals surface area (Å²) in [5, 5.41) is 9.00. The molecule has 112 valence electrons. The molecule has 0 unspecified atom stereocenters. The van der Waals surface area contributed by atoms with Crippen LogP contribution in [-0.2, 0) is 14.8 Å². The SMILES string of the molecule is Cc1cc(S(=O)(=O)NC2(C)CCOCC2)sc1C(=O)O. The molecule has 1 saturated heterocycles. The zero-order valence-corrected chi connectivity index (χ0v) is 12.9. The molecule has 0 bridgehead atoms. The Bertz CT molecular complexity index is 614. The van der Waals surface area contributed by atoms with Gasteiger partial charge in [0.2, 0.25) is 0 Å². The molecular weight excluding hydrogens is 302 g/mol. The molecule has 1 fully saturated rings. The van der Waals surface area contributed by atoms with Crippen LogP contribution in [0.2, 0.25) is 0 Å². The van der Waals surface area contributed by atoms with Gasteiger partial charge in [0.05, 0.1) is 0 Å². The lowest BCUT2D eigenvalue weighted by atomic mass is 9.94. The highest BCUT2D eigenvalue weighted by Gasteiger charge is 2.33. The second-order valence-electron chi connectivity index (χ2n) is 5.16. The van der Waals surface area contributed by atoms with Crippen LogP contribution in [-0.4, -0.2) is 38.2 Å². The second kappa shape index (κ2) is 5.44. The zero-order valence-electron chi connectivity index (χ0n) is 11.3. The van der Waals surface area contributed by atoms with Crippen LogP contribution in [0.1, 0.15) is 35.0 Å². The third kappa shape index (κ3) is 3.20. The molecular formula is C12H17NO5S2. The fourth-order valence-corrected chi connectivity index (χ4v) is 4.94. The maximum Gasteiger partial charge on any atom is 0.346 e. The van der Waals surface area contributed by atoms with Crippen LogP contribution in [0.25, 0.3) is 0 Å². The summed E-state index contributed by atoms with van der Waals surface area (Å²) in [7, 11) is -3.70. The molecule has 0 radical (unpaired) electrons. The van der Waals surface area contributed by atoms with E-state index in [-0.39, 0.29) is 9.09 Å². The third-order valence-electron chi connectivity index (χ3n) is 3.33. The van der Waals surface area contributed by atoms with Crippen LogP contribution in [0, 0.1) is 6.92 Å². The highest BCUT2D eigenvalue weighted by atomic mass is 32.2. The fourth-order valence-electron chi connectivity index (χ4n) is 2.10. The Morgan fingerprint density at radius 1 is 1.45 bits per heavy atom. The predicted molar refractivity (Wildman–Crippen MR) is 74.8 cm³/mol. The van der Waals surface area contributed by atoms with Gasteiger partial charge in [-0.15, -0.1) is 11.3 Å². The van der Waals surface area contributed by atoms with Crippen molar-refractivity contribution >= 4 is 27.3 Å². The number of ether oxygens (including phenoxy) is 1. The molecule has 2 rings (SSSR count). The number of nitrogens with one attached hydrogen (secondary N) is 1. The van der Waals surface area contributed by atoms with Crippen LogP contribution >= 0.6 is 11.3 Å². The molecule has 2 heterocycles. The van der Waals surface area contributed by atoms with E-state index in [2.05, 4.69) is 4.72 Å². The van der Waals surface area contributed by atoms with E-state index < -0.39 is 21.5 Å². The topological polar surface area (TPSA) is 92.7 Å². The van der Waals surface area contributed by atoms with Crippen molar-refractivity contribution in [3.8, 4) is 0 Å². The Balaban J connectivity index is 2.26. The molecule has 0 amide bonds. The van der Waals surface area contributed by atoms with Crippen molar-refractivity contribution in [1.29, 1.82) is 0 Å². The molecule has 1 aromatic rings. The number of aryl methyl sites for hydroxylation is 1. The van der Waals surface area contributed by atoms with E-state index in [1.54, 1.807) is 6.92 Å². The van der Waals surface area contributed by atoms with Gasteiger partial charge in [-0.1, -0.05) is 0 Å². The summed E-state index contributed by atoms with van der Waals surface area (Å²) < 4.78 is 32.7. The number of thiophene rings is 1. The van der Waals surface area contributed by atoms with Crippen molar-refractivity contribution in [1.82, 2.24) is 4.72 Å². The minimum absolute atomic E-state index is 0.0418. The quantitative estimate of drug-likeness (QED) is 0.879. The van der Waals surface area contributed by atoms with Crippen LogP contribution in [0.3, 0.4) is 0 Å². The monoisotopic (exact) mass is 319 g/mol. The Hall–Kier alpha value is -0.960. The maximum absolute atomic E-state index is 12.4. The maximum atomic E-state index is 12.4. The van der Waals surface area contributed by atoms with Gasteiger partial charge in [-0.05, 0) is 38.3 Å². The van der Waals surface area contributed by atoms with E-state index in [1.165, 1.54) is 6.07 Å². The van der Waals surface area contributed by atoms with Gasteiger partial charge in [-0.3, -0.25) is 0 Å². The van der Waals surface area contributed by atoms with Gasteiger partial charge in [0.1, 0.15) is 9.09 Å². The average Bonchev–Trinajstić information content (AvgIpc) is 2.72. The van der Waals surface area contributed by atoms with Crippen LogP contribution in [0.4, 0.5) is 0 Å². The molecule has 0 aliphatic carbocycles. The fraction of sp³-hybridized carbons (Fsp3) is 0.583. The molecule has 1 aliphatic heterocycles. The summed E-state index contributed by atoms with van der Waals surface area (Å²) in [5.41, 5.74) is -0.0850. The number of sulfonamides is 1. The first-order valence-electron chi connectivity index (χ1n) is 6.19. The van der Waals surface area contributed by atoms with E-state index in [9.17, 15) is 13.2 Å². The predicted octanol–water partition coefficient (Wildman–Crippen LogP) is 1.60. The van der Waals surface area contributed by atoms with E-state index in [0.717, 1.165) is 11.3 Å². The lowest BCUT2D eigenvalue weighted by Gasteiger charge is -2.33. The molecule has 1 aromatic heterocycles. The van der Waals surface area contributed by atoms with Crippen molar-refractivity contribution in [2.24, 2.45) is 0 Å². The standard InChI is InChI=1S/C12H17NO5S2/c1-8-7-9(19-10(8)11(14)15)20(16,17)13-12(2)3-5-18-6-4-12/h7,13H,3-6H2,1-2H3,(H,14,15). The first kappa shape index (κ1) is 15.4. The van der Waals surface area contributed by atoms with Gasteiger partial charge < -0.3 is 9.84 Å². The van der Waals surface area contributed by atoms with Crippen molar-refractivity contribution in [3.05, 3.63) is 16.5 Å². The van der Waals surface area contributed by atoms with Gasteiger partial charge in [0.15, 0.2) is 0 Å². The van der Waals surface area contributed by atoms with Crippen molar-refractivity contribution in [2.75, 3.05) is 13.2 Å². The summed E-state index contributed by atoms with van der Waals surface area (Å²) in [4.78, 5) is 11.1. The number of carboxylic acid groups (broad SMARTS) is 1. The smallest absolute Gasteiger partial charge is 0.346 e. The summed E-state index contributed by atoms with van der Waals surface area (Å²) in [6.45, 7) is 4.46. The van der Waals surface area contributed by atoms with Gasteiger partial charge >= 0.3 is 5.97 Å². The molecule has 1 aliphatic rings. The van der Waals surface area contributed by atoms with Crippen molar-refractivity contribution < 1.29 is 23.1 Å². The average molecular weight is 319 g/mol. The summed E-state index contributed by atoms with van der Waals surface area (Å²) >= 11 is 0.781.